The monoisotopic (exact) mass is 213 g/mol. The molecular formula is C13H11NO2. The van der Waals surface area contributed by atoms with Gasteiger partial charge in [0.05, 0.1) is 0 Å². The average Bonchev–Trinajstić information content (AvgIpc) is 2.27. The molecule has 0 aliphatic carbocycles. The standard InChI is InChI=1S/C13H11NO2/c1-9(15)14-13(16)12-7-6-10-4-2-3-5-11(10)8-12/h2-8H,1H3,(H,14,15,16). The van der Waals surface area contributed by atoms with Crippen LogP contribution in [0, 0.1) is 0 Å². The van der Waals surface area contributed by atoms with Gasteiger partial charge in [0.15, 0.2) is 0 Å². The molecule has 0 spiro atoms. The van der Waals surface area contributed by atoms with Gasteiger partial charge in [0.2, 0.25) is 5.91 Å². The van der Waals surface area contributed by atoms with E-state index < -0.39 is 0 Å². The summed E-state index contributed by atoms with van der Waals surface area (Å²) in [4.78, 5) is 22.3. The molecule has 0 atom stereocenters. The molecule has 2 rings (SSSR count). The lowest BCUT2D eigenvalue weighted by Crippen LogP contribution is -2.27. The summed E-state index contributed by atoms with van der Waals surface area (Å²) in [5.74, 6) is -0.712. The van der Waals surface area contributed by atoms with E-state index in [1.54, 1.807) is 12.1 Å². The Morgan fingerprint density at radius 1 is 1.00 bits per heavy atom. The zero-order chi connectivity index (χ0) is 11.5. The molecule has 0 saturated carbocycles. The first kappa shape index (κ1) is 10.4. The van der Waals surface area contributed by atoms with Gasteiger partial charge in [0.1, 0.15) is 0 Å². The molecule has 16 heavy (non-hydrogen) atoms. The first-order chi connectivity index (χ1) is 7.66. The first-order valence-electron chi connectivity index (χ1n) is 4.97. The van der Waals surface area contributed by atoms with Crippen molar-refractivity contribution in [2.45, 2.75) is 6.92 Å². The van der Waals surface area contributed by atoms with Gasteiger partial charge in [-0.3, -0.25) is 14.9 Å². The highest BCUT2D eigenvalue weighted by Crippen LogP contribution is 2.15. The lowest BCUT2D eigenvalue weighted by atomic mass is 10.1. The number of benzene rings is 2. The number of carbonyl (C=O) groups is 2. The normalized spacial score (nSPS) is 10.1. The maximum atomic E-state index is 11.6. The Hall–Kier alpha value is -2.16. The molecule has 2 amide bonds. The second-order valence-electron chi connectivity index (χ2n) is 3.57. The molecular weight excluding hydrogens is 202 g/mol. The van der Waals surface area contributed by atoms with E-state index in [4.69, 9.17) is 0 Å². The van der Waals surface area contributed by atoms with Gasteiger partial charge < -0.3 is 0 Å². The summed E-state index contributed by atoms with van der Waals surface area (Å²) in [5.41, 5.74) is 0.494. The van der Waals surface area contributed by atoms with E-state index in [0.717, 1.165) is 10.8 Å². The minimum atomic E-state index is -0.363. The third-order valence-corrected chi connectivity index (χ3v) is 2.30. The number of amides is 2. The third kappa shape index (κ3) is 2.08. The number of hydrogen-bond acceptors (Lipinski definition) is 2. The maximum Gasteiger partial charge on any atom is 0.257 e. The SMILES string of the molecule is CC(=O)NC(=O)c1ccc2ccccc2c1. The molecule has 0 bridgehead atoms. The van der Waals surface area contributed by atoms with Crippen LogP contribution in [0.1, 0.15) is 17.3 Å². The Kier molecular flexibility index (Phi) is 2.68. The second-order valence-corrected chi connectivity index (χ2v) is 3.57. The van der Waals surface area contributed by atoms with Crippen molar-refractivity contribution < 1.29 is 9.59 Å². The molecule has 0 fully saturated rings. The topological polar surface area (TPSA) is 46.2 Å². The van der Waals surface area contributed by atoms with E-state index in [9.17, 15) is 9.59 Å². The van der Waals surface area contributed by atoms with E-state index in [0.29, 0.717) is 5.56 Å². The van der Waals surface area contributed by atoms with E-state index in [1.807, 2.05) is 30.3 Å². The van der Waals surface area contributed by atoms with Crippen molar-refractivity contribution in [3.63, 3.8) is 0 Å². The molecule has 80 valence electrons. The molecule has 3 nitrogen and oxygen atoms in total. The molecule has 0 aliphatic rings. The molecule has 0 unspecified atom stereocenters. The largest absolute Gasteiger partial charge is 0.293 e. The molecule has 0 aromatic heterocycles. The molecule has 3 heteroatoms. The molecule has 0 heterocycles. The molecule has 0 radical (unpaired) electrons. The number of fused-ring (bicyclic) bond motifs is 1. The van der Waals surface area contributed by atoms with Crippen LogP contribution in [-0.2, 0) is 4.79 Å². The lowest BCUT2D eigenvalue weighted by Gasteiger charge is -2.03. The van der Waals surface area contributed by atoms with Gasteiger partial charge in [-0.25, -0.2) is 0 Å². The summed E-state index contributed by atoms with van der Waals surface area (Å²) in [6, 6.07) is 13.1. The summed E-state index contributed by atoms with van der Waals surface area (Å²) >= 11 is 0. The van der Waals surface area contributed by atoms with Crippen LogP contribution >= 0.6 is 0 Å². The van der Waals surface area contributed by atoms with E-state index in [2.05, 4.69) is 5.32 Å². The van der Waals surface area contributed by atoms with E-state index >= 15 is 0 Å². The molecule has 0 aliphatic heterocycles. The molecule has 0 saturated heterocycles. The zero-order valence-corrected chi connectivity index (χ0v) is 8.86. The summed E-state index contributed by atoms with van der Waals surface area (Å²) in [6.07, 6.45) is 0. The summed E-state index contributed by atoms with van der Waals surface area (Å²) in [5, 5.41) is 4.30. The third-order valence-electron chi connectivity index (χ3n) is 2.30. The number of rotatable bonds is 1. The summed E-state index contributed by atoms with van der Waals surface area (Å²) < 4.78 is 0. The highest BCUT2D eigenvalue weighted by atomic mass is 16.2. The number of hydrogen-bond donors (Lipinski definition) is 1. The Balaban J connectivity index is 2.39. The summed E-state index contributed by atoms with van der Waals surface area (Å²) in [7, 11) is 0. The fraction of sp³-hybridized carbons (Fsp3) is 0.0769. The highest BCUT2D eigenvalue weighted by Gasteiger charge is 2.07. The fourth-order valence-corrected chi connectivity index (χ4v) is 1.56. The van der Waals surface area contributed by atoms with Crippen LogP contribution in [-0.4, -0.2) is 11.8 Å². The lowest BCUT2D eigenvalue weighted by molar-refractivity contribution is -0.118. The fourth-order valence-electron chi connectivity index (χ4n) is 1.56. The van der Waals surface area contributed by atoms with Gasteiger partial charge in [-0.1, -0.05) is 30.3 Å². The van der Waals surface area contributed by atoms with Crippen LogP contribution in [0.2, 0.25) is 0 Å². The van der Waals surface area contributed by atoms with Crippen LogP contribution in [0.3, 0.4) is 0 Å². The minimum absolute atomic E-state index is 0.349. The smallest absolute Gasteiger partial charge is 0.257 e. The van der Waals surface area contributed by atoms with Crippen molar-refractivity contribution >= 4 is 22.6 Å². The van der Waals surface area contributed by atoms with Crippen molar-refractivity contribution in [1.29, 1.82) is 0 Å². The minimum Gasteiger partial charge on any atom is -0.293 e. The first-order valence-corrected chi connectivity index (χ1v) is 4.97. The Morgan fingerprint density at radius 3 is 2.38 bits per heavy atom. The number of carbonyl (C=O) groups excluding carboxylic acids is 2. The molecule has 2 aromatic carbocycles. The maximum absolute atomic E-state index is 11.6. The van der Waals surface area contributed by atoms with Gasteiger partial charge in [0, 0.05) is 12.5 Å². The van der Waals surface area contributed by atoms with Crippen molar-refractivity contribution in [2.75, 3.05) is 0 Å². The van der Waals surface area contributed by atoms with E-state index in [1.165, 1.54) is 6.92 Å². The van der Waals surface area contributed by atoms with Crippen molar-refractivity contribution in [2.24, 2.45) is 0 Å². The molecule has 1 N–H and O–H groups in total. The van der Waals surface area contributed by atoms with E-state index in [-0.39, 0.29) is 11.8 Å². The number of imide groups is 1. The Labute approximate surface area is 93.1 Å². The predicted molar refractivity (Wildman–Crippen MR) is 62.1 cm³/mol. The van der Waals surface area contributed by atoms with Gasteiger partial charge in [-0.05, 0) is 22.9 Å². The van der Waals surface area contributed by atoms with Gasteiger partial charge >= 0.3 is 0 Å². The van der Waals surface area contributed by atoms with Crippen LogP contribution in [0.4, 0.5) is 0 Å². The van der Waals surface area contributed by atoms with Crippen molar-refractivity contribution in [1.82, 2.24) is 5.32 Å². The van der Waals surface area contributed by atoms with Crippen molar-refractivity contribution in [3.05, 3.63) is 48.0 Å². The van der Waals surface area contributed by atoms with Crippen LogP contribution in [0.25, 0.3) is 10.8 Å². The van der Waals surface area contributed by atoms with Crippen molar-refractivity contribution in [3.8, 4) is 0 Å². The van der Waals surface area contributed by atoms with Gasteiger partial charge in [0.25, 0.3) is 5.91 Å². The quantitative estimate of drug-likeness (QED) is 0.788. The van der Waals surface area contributed by atoms with Crippen LogP contribution in [0.5, 0.6) is 0 Å². The number of nitrogens with one attached hydrogen (secondary N) is 1. The highest BCUT2D eigenvalue weighted by molar-refractivity contribution is 6.05. The average molecular weight is 213 g/mol. The van der Waals surface area contributed by atoms with Crippen LogP contribution in [0.15, 0.2) is 42.5 Å². The summed E-state index contributed by atoms with van der Waals surface area (Å²) in [6.45, 7) is 1.32. The molecule has 2 aromatic rings. The Morgan fingerprint density at radius 2 is 1.69 bits per heavy atom. The zero-order valence-electron chi connectivity index (χ0n) is 8.86. The van der Waals surface area contributed by atoms with Crippen LogP contribution < -0.4 is 5.32 Å². The Bertz CT molecular complexity index is 561. The predicted octanol–water partition coefficient (Wildman–Crippen LogP) is 2.12. The van der Waals surface area contributed by atoms with Gasteiger partial charge in [-0.15, -0.1) is 0 Å². The second kappa shape index (κ2) is 4.14. The van der Waals surface area contributed by atoms with Gasteiger partial charge in [-0.2, -0.15) is 0 Å².